The number of nitrogens with one attached hydrogen (secondary N) is 3. The van der Waals surface area contributed by atoms with E-state index in [-0.39, 0.29) is 23.9 Å². The van der Waals surface area contributed by atoms with E-state index in [4.69, 9.17) is 9.47 Å². The van der Waals surface area contributed by atoms with Crippen LogP contribution in [-0.2, 0) is 0 Å². The number of halogens is 1. The maximum absolute atomic E-state index is 13.5. The number of carbonyl (C=O) groups excluding carboxylic acids is 1. The Morgan fingerprint density at radius 3 is 2.76 bits per heavy atom. The lowest BCUT2D eigenvalue weighted by Gasteiger charge is -2.23. The third-order valence-corrected chi connectivity index (χ3v) is 6.53. The second-order valence-corrected chi connectivity index (χ2v) is 9.17. The van der Waals surface area contributed by atoms with E-state index in [1.54, 1.807) is 17.0 Å². The molecule has 0 spiro atoms. The SMILES string of the molecule is CC(NC(=O)N(C)CCCCCC1CC(c2cccc(F)c2)NN1)c1ccc2c(c1)OCCO2. The van der Waals surface area contributed by atoms with Crippen LogP contribution in [-0.4, -0.2) is 43.8 Å². The molecule has 4 rings (SSSR count). The van der Waals surface area contributed by atoms with E-state index in [1.165, 1.54) is 6.07 Å². The van der Waals surface area contributed by atoms with Gasteiger partial charge in [0, 0.05) is 25.7 Å². The van der Waals surface area contributed by atoms with Crippen molar-refractivity contribution in [2.24, 2.45) is 0 Å². The molecule has 0 aliphatic carbocycles. The number of benzene rings is 2. The van der Waals surface area contributed by atoms with Gasteiger partial charge in [0.15, 0.2) is 11.5 Å². The Hall–Kier alpha value is -2.84. The average Bonchev–Trinajstić information content (AvgIpc) is 3.32. The molecular weight excluding hydrogens is 435 g/mol. The number of urea groups is 1. The summed E-state index contributed by atoms with van der Waals surface area (Å²) in [5, 5.41) is 3.06. The molecule has 2 heterocycles. The molecule has 3 N–H and O–H groups in total. The minimum atomic E-state index is -0.198. The number of nitrogens with zero attached hydrogens (tertiary/aromatic N) is 1. The predicted octanol–water partition coefficient (Wildman–Crippen LogP) is 4.47. The highest BCUT2D eigenvalue weighted by Crippen LogP contribution is 2.32. The molecule has 184 valence electrons. The third-order valence-electron chi connectivity index (χ3n) is 6.53. The first-order chi connectivity index (χ1) is 16.5. The molecule has 0 aromatic heterocycles. The summed E-state index contributed by atoms with van der Waals surface area (Å²) in [6, 6.07) is 12.9. The predicted molar refractivity (Wildman–Crippen MR) is 129 cm³/mol. The maximum atomic E-state index is 13.5. The number of fused-ring (bicyclic) bond motifs is 1. The monoisotopic (exact) mass is 470 g/mol. The van der Waals surface area contributed by atoms with Gasteiger partial charge in [0.2, 0.25) is 0 Å². The van der Waals surface area contributed by atoms with Gasteiger partial charge in [-0.2, -0.15) is 0 Å². The first-order valence-corrected chi connectivity index (χ1v) is 12.2. The van der Waals surface area contributed by atoms with Crippen LogP contribution in [0, 0.1) is 5.82 Å². The largest absolute Gasteiger partial charge is 0.486 e. The van der Waals surface area contributed by atoms with Crippen molar-refractivity contribution < 1.29 is 18.7 Å². The number of hydrogen-bond donors (Lipinski definition) is 3. The highest BCUT2D eigenvalue weighted by molar-refractivity contribution is 5.74. The number of hydrazine groups is 1. The molecule has 2 aliphatic rings. The molecule has 1 fully saturated rings. The molecule has 7 nitrogen and oxygen atoms in total. The van der Waals surface area contributed by atoms with Crippen molar-refractivity contribution in [1.29, 1.82) is 0 Å². The van der Waals surface area contributed by atoms with Gasteiger partial charge in [0.05, 0.1) is 6.04 Å². The summed E-state index contributed by atoms with van der Waals surface area (Å²) in [6.07, 6.45) is 5.09. The van der Waals surface area contributed by atoms with Crippen molar-refractivity contribution >= 4 is 6.03 Å². The van der Waals surface area contributed by atoms with E-state index in [1.807, 2.05) is 38.2 Å². The first-order valence-electron chi connectivity index (χ1n) is 12.2. The third kappa shape index (κ3) is 6.39. The van der Waals surface area contributed by atoms with Gasteiger partial charge >= 0.3 is 6.03 Å². The van der Waals surface area contributed by atoms with Crippen LogP contribution >= 0.6 is 0 Å². The lowest BCUT2D eigenvalue weighted by atomic mass is 9.99. The van der Waals surface area contributed by atoms with Gasteiger partial charge in [-0.1, -0.05) is 31.0 Å². The van der Waals surface area contributed by atoms with E-state index in [2.05, 4.69) is 16.2 Å². The number of amides is 2. The summed E-state index contributed by atoms with van der Waals surface area (Å²) in [5.41, 5.74) is 8.58. The number of rotatable bonds is 9. The van der Waals surface area contributed by atoms with Crippen LogP contribution < -0.4 is 25.6 Å². The van der Waals surface area contributed by atoms with E-state index in [0.717, 1.165) is 54.7 Å². The molecule has 8 heteroatoms. The van der Waals surface area contributed by atoms with Crippen LogP contribution in [0.4, 0.5) is 9.18 Å². The topological polar surface area (TPSA) is 74.9 Å². The molecule has 1 saturated heterocycles. The van der Waals surface area contributed by atoms with Crippen molar-refractivity contribution in [3.8, 4) is 11.5 Å². The Kier molecular flexibility index (Phi) is 8.24. The van der Waals surface area contributed by atoms with Crippen LogP contribution in [0.5, 0.6) is 11.5 Å². The lowest BCUT2D eigenvalue weighted by Crippen LogP contribution is -2.39. The Balaban J connectivity index is 1.12. The molecule has 3 unspecified atom stereocenters. The summed E-state index contributed by atoms with van der Waals surface area (Å²) in [6.45, 7) is 3.78. The average molecular weight is 471 g/mol. The van der Waals surface area contributed by atoms with Gasteiger partial charge in [-0.3, -0.25) is 10.9 Å². The zero-order valence-electron chi connectivity index (χ0n) is 20.0. The fourth-order valence-electron chi connectivity index (χ4n) is 4.48. The molecule has 2 aromatic rings. The molecule has 0 bridgehead atoms. The highest BCUT2D eigenvalue weighted by atomic mass is 19.1. The normalized spacial score (nSPS) is 20.1. The second kappa shape index (κ2) is 11.5. The van der Waals surface area contributed by atoms with E-state index < -0.39 is 0 Å². The van der Waals surface area contributed by atoms with Gasteiger partial charge in [-0.05, 0) is 61.6 Å². The standard InChI is InChI=1S/C26H35FN4O3/c1-18(19-10-11-24-25(16-19)34-14-13-33-24)28-26(32)31(2)12-5-3-4-9-22-17-23(30-29-22)20-7-6-8-21(27)15-20/h6-8,10-11,15-16,18,22-23,29-30H,3-5,9,12-14,17H2,1-2H3,(H,28,32). The van der Waals surface area contributed by atoms with Crippen molar-refractivity contribution in [3.63, 3.8) is 0 Å². The number of hydrogen-bond acceptors (Lipinski definition) is 5. The summed E-state index contributed by atoms with van der Waals surface area (Å²) < 4.78 is 24.7. The molecule has 2 aliphatic heterocycles. The Morgan fingerprint density at radius 1 is 1.12 bits per heavy atom. The van der Waals surface area contributed by atoms with Crippen LogP contribution in [0.3, 0.4) is 0 Å². The highest BCUT2D eigenvalue weighted by Gasteiger charge is 2.24. The summed E-state index contributed by atoms with van der Waals surface area (Å²) in [5.74, 6) is 1.28. The van der Waals surface area contributed by atoms with E-state index >= 15 is 0 Å². The molecule has 2 aromatic carbocycles. The Labute approximate surface area is 201 Å². The molecular formula is C26H35FN4O3. The van der Waals surface area contributed by atoms with Crippen molar-refractivity contribution in [3.05, 3.63) is 59.4 Å². The Morgan fingerprint density at radius 2 is 1.94 bits per heavy atom. The van der Waals surface area contributed by atoms with Crippen molar-refractivity contribution in [2.75, 3.05) is 26.8 Å². The summed E-state index contributed by atoms with van der Waals surface area (Å²) in [4.78, 5) is 14.3. The number of ether oxygens (including phenoxy) is 2. The van der Waals surface area contributed by atoms with Crippen LogP contribution in [0.15, 0.2) is 42.5 Å². The van der Waals surface area contributed by atoms with Crippen LogP contribution in [0.2, 0.25) is 0 Å². The quantitative estimate of drug-likeness (QED) is 0.472. The minimum absolute atomic E-state index is 0.0815. The fourth-order valence-corrected chi connectivity index (χ4v) is 4.48. The molecule has 34 heavy (non-hydrogen) atoms. The fraction of sp³-hybridized carbons (Fsp3) is 0.500. The minimum Gasteiger partial charge on any atom is -0.486 e. The second-order valence-electron chi connectivity index (χ2n) is 9.17. The molecule has 2 amide bonds. The molecule has 0 saturated carbocycles. The van der Waals surface area contributed by atoms with Gasteiger partial charge in [0.1, 0.15) is 19.0 Å². The Bertz CT molecular complexity index is 973. The lowest BCUT2D eigenvalue weighted by molar-refractivity contribution is 0.171. The van der Waals surface area contributed by atoms with Crippen molar-refractivity contribution in [2.45, 2.75) is 57.2 Å². The summed E-state index contributed by atoms with van der Waals surface area (Å²) in [7, 11) is 1.83. The first kappa shape index (κ1) is 24.3. The summed E-state index contributed by atoms with van der Waals surface area (Å²) >= 11 is 0. The molecule has 3 atom stereocenters. The van der Waals surface area contributed by atoms with Crippen molar-refractivity contribution in [1.82, 2.24) is 21.1 Å². The van der Waals surface area contributed by atoms with Crippen LogP contribution in [0.1, 0.15) is 62.2 Å². The smallest absolute Gasteiger partial charge is 0.317 e. The number of carbonyl (C=O) groups is 1. The van der Waals surface area contributed by atoms with Crippen LogP contribution in [0.25, 0.3) is 0 Å². The maximum Gasteiger partial charge on any atom is 0.317 e. The van der Waals surface area contributed by atoms with E-state index in [9.17, 15) is 9.18 Å². The number of unbranched alkanes of at least 4 members (excludes halogenated alkanes) is 2. The van der Waals surface area contributed by atoms with Gasteiger partial charge in [-0.25, -0.2) is 9.18 Å². The zero-order valence-corrected chi connectivity index (χ0v) is 20.0. The van der Waals surface area contributed by atoms with Gasteiger partial charge in [-0.15, -0.1) is 0 Å². The van der Waals surface area contributed by atoms with E-state index in [0.29, 0.717) is 25.8 Å². The van der Waals surface area contributed by atoms with Gasteiger partial charge in [0.25, 0.3) is 0 Å². The zero-order chi connectivity index (χ0) is 23.9. The van der Waals surface area contributed by atoms with Gasteiger partial charge < -0.3 is 19.7 Å². The molecule has 0 radical (unpaired) electrons.